The smallest absolute Gasteiger partial charge is 0.0178 e. The lowest BCUT2D eigenvalue weighted by atomic mass is 9.89. The van der Waals surface area contributed by atoms with Gasteiger partial charge in [0.2, 0.25) is 0 Å². The first kappa shape index (κ1) is 11.0. The minimum Gasteiger partial charge on any atom is -0.327 e. The molecule has 1 aromatic carbocycles. The topological polar surface area (TPSA) is 26.0 Å². The fourth-order valence-electron chi connectivity index (χ4n) is 1.75. The van der Waals surface area contributed by atoms with Gasteiger partial charge in [-0.15, -0.1) is 12.4 Å². The highest BCUT2D eigenvalue weighted by molar-refractivity contribution is 9.10. The van der Waals surface area contributed by atoms with Crippen molar-refractivity contribution in [3.05, 3.63) is 33.8 Å². The zero-order valence-corrected chi connectivity index (χ0v) is 9.70. The second kappa shape index (κ2) is 4.45. The Bertz CT molecular complexity index is 301. The zero-order valence-electron chi connectivity index (χ0n) is 7.29. The van der Waals surface area contributed by atoms with Crippen molar-refractivity contribution in [1.29, 1.82) is 0 Å². The van der Waals surface area contributed by atoms with Gasteiger partial charge in [-0.3, -0.25) is 0 Å². The van der Waals surface area contributed by atoms with Crippen molar-refractivity contribution >= 4 is 28.3 Å². The quantitative estimate of drug-likeness (QED) is 0.764. The molecule has 1 aliphatic carbocycles. The molecule has 0 saturated heterocycles. The molecule has 0 fully saturated rings. The Morgan fingerprint density at radius 1 is 1.31 bits per heavy atom. The van der Waals surface area contributed by atoms with Gasteiger partial charge in [0.25, 0.3) is 0 Å². The number of fused-ring (bicyclic) bond motifs is 1. The number of hydrogen-bond acceptors (Lipinski definition) is 1. The van der Waals surface area contributed by atoms with Crippen LogP contribution in [0.2, 0.25) is 0 Å². The molecule has 1 aromatic rings. The van der Waals surface area contributed by atoms with Crippen molar-refractivity contribution in [2.45, 2.75) is 25.3 Å². The minimum atomic E-state index is 0. The van der Waals surface area contributed by atoms with Crippen LogP contribution in [0.1, 0.15) is 17.5 Å². The first-order valence-electron chi connectivity index (χ1n) is 4.28. The SMILES string of the molecule is Cl.N[C@@H]1CCc2ccc(Br)cc2C1. The van der Waals surface area contributed by atoms with Crippen LogP contribution in [0.5, 0.6) is 0 Å². The summed E-state index contributed by atoms with van der Waals surface area (Å²) in [6.07, 6.45) is 3.31. The summed E-state index contributed by atoms with van der Waals surface area (Å²) < 4.78 is 1.16. The molecule has 72 valence electrons. The summed E-state index contributed by atoms with van der Waals surface area (Å²) in [4.78, 5) is 0. The molecule has 0 spiro atoms. The van der Waals surface area contributed by atoms with Crippen LogP contribution in [0.15, 0.2) is 22.7 Å². The second-order valence-corrected chi connectivity index (χ2v) is 4.33. The van der Waals surface area contributed by atoms with E-state index in [0.717, 1.165) is 23.7 Å². The van der Waals surface area contributed by atoms with Crippen LogP contribution < -0.4 is 5.73 Å². The number of halogens is 2. The Kier molecular flexibility index (Phi) is 3.77. The van der Waals surface area contributed by atoms with Gasteiger partial charge in [-0.1, -0.05) is 22.0 Å². The third kappa shape index (κ3) is 2.46. The van der Waals surface area contributed by atoms with Crippen molar-refractivity contribution in [1.82, 2.24) is 0 Å². The fraction of sp³-hybridized carbons (Fsp3) is 0.400. The largest absolute Gasteiger partial charge is 0.327 e. The van der Waals surface area contributed by atoms with Gasteiger partial charge in [0.05, 0.1) is 0 Å². The summed E-state index contributed by atoms with van der Waals surface area (Å²) in [7, 11) is 0. The van der Waals surface area contributed by atoms with Crippen LogP contribution in [0, 0.1) is 0 Å². The first-order valence-corrected chi connectivity index (χ1v) is 5.08. The van der Waals surface area contributed by atoms with E-state index in [1.54, 1.807) is 0 Å². The lowest BCUT2D eigenvalue weighted by Gasteiger charge is -2.21. The van der Waals surface area contributed by atoms with Crippen molar-refractivity contribution in [3.8, 4) is 0 Å². The monoisotopic (exact) mass is 261 g/mol. The van der Waals surface area contributed by atoms with Gasteiger partial charge in [-0.2, -0.15) is 0 Å². The van der Waals surface area contributed by atoms with Crippen molar-refractivity contribution in [2.75, 3.05) is 0 Å². The number of nitrogens with two attached hydrogens (primary N) is 1. The van der Waals surface area contributed by atoms with E-state index in [4.69, 9.17) is 5.73 Å². The molecule has 2 rings (SSSR count). The lowest BCUT2D eigenvalue weighted by Crippen LogP contribution is -2.27. The Labute approximate surface area is 93.2 Å². The molecule has 1 atom stereocenters. The van der Waals surface area contributed by atoms with Crippen LogP contribution in [-0.2, 0) is 12.8 Å². The lowest BCUT2D eigenvalue weighted by molar-refractivity contribution is 0.576. The average molecular weight is 263 g/mol. The summed E-state index contributed by atoms with van der Waals surface area (Å²) in [5, 5.41) is 0. The van der Waals surface area contributed by atoms with E-state index in [2.05, 4.69) is 34.1 Å². The number of benzene rings is 1. The molecule has 2 N–H and O–H groups in total. The Hall–Kier alpha value is -0.0500. The number of rotatable bonds is 0. The van der Waals surface area contributed by atoms with Gasteiger partial charge in [0.15, 0.2) is 0 Å². The minimum absolute atomic E-state index is 0. The third-order valence-electron chi connectivity index (χ3n) is 2.43. The molecule has 1 nitrogen and oxygen atoms in total. The summed E-state index contributed by atoms with van der Waals surface area (Å²) in [6, 6.07) is 6.86. The van der Waals surface area contributed by atoms with Gasteiger partial charge >= 0.3 is 0 Å². The van der Waals surface area contributed by atoms with E-state index < -0.39 is 0 Å². The van der Waals surface area contributed by atoms with Gasteiger partial charge in [-0.25, -0.2) is 0 Å². The van der Waals surface area contributed by atoms with E-state index in [-0.39, 0.29) is 12.4 Å². The van der Waals surface area contributed by atoms with Gasteiger partial charge < -0.3 is 5.73 Å². The summed E-state index contributed by atoms with van der Waals surface area (Å²) >= 11 is 3.47. The molecule has 0 radical (unpaired) electrons. The predicted octanol–water partition coefficient (Wildman–Crippen LogP) is 2.69. The standard InChI is InChI=1S/C10H12BrN.ClH/c11-9-3-1-7-2-4-10(12)6-8(7)5-9;/h1,3,5,10H,2,4,6,12H2;1H/t10-;/m1./s1. The van der Waals surface area contributed by atoms with Crippen molar-refractivity contribution < 1.29 is 0 Å². The highest BCUT2D eigenvalue weighted by atomic mass is 79.9. The van der Waals surface area contributed by atoms with Gasteiger partial charge in [0, 0.05) is 10.5 Å². The average Bonchev–Trinajstić information content (AvgIpc) is 2.03. The van der Waals surface area contributed by atoms with Crippen LogP contribution in [-0.4, -0.2) is 6.04 Å². The maximum Gasteiger partial charge on any atom is 0.0178 e. The van der Waals surface area contributed by atoms with E-state index in [9.17, 15) is 0 Å². The van der Waals surface area contributed by atoms with Crippen molar-refractivity contribution in [3.63, 3.8) is 0 Å². The van der Waals surface area contributed by atoms with E-state index in [1.807, 2.05) is 0 Å². The Balaban J connectivity index is 0.000000845. The highest BCUT2D eigenvalue weighted by Crippen LogP contribution is 2.23. The summed E-state index contributed by atoms with van der Waals surface area (Å²) in [6.45, 7) is 0. The summed E-state index contributed by atoms with van der Waals surface area (Å²) in [5.74, 6) is 0. The normalized spacial score (nSPS) is 20.3. The van der Waals surface area contributed by atoms with Gasteiger partial charge in [-0.05, 0) is 42.5 Å². The Morgan fingerprint density at radius 3 is 2.85 bits per heavy atom. The van der Waals surface area contributed by atoms with Crippen LogP contribution >= 0.6 is 28.3 Å². The van der Waals surface area contributed by atoms with Crippen LogP contribution in [0.25, 0.3) is 0 Å². The molecular formula is C10H13BrClN. The predicted molar refractivity (Wildman–Crippen MR) is 61.4 cm³/mol. The van der Waals surface area contributed by atoms with Crippen molar-refractivity contribution in [2.24, 2.45) is 5.73 Å². The molecule has 0 unspecified atom stereocenters. The zero-order chi connectivity index (χ0) is 8.55. The summed E-state index contributed by atoms with van der Waals surface area (Å²) in [5.41, 5.74) is 8.78. The third-order valence-corrected chi connectivity index (χ3v) is 2.93. The highest BCUT2D eigenvalue weighted by Gasteiger charge is 2.14. The molecule has 0 heterocycles. The molecule has 0 bridgehead atoms. The Morgan fingerprint density at radius 2 is 2.08 bits per heavy atom. The molecule has 0 amide bonds. The van der Waals surface area contributed by atoms with E-state index in [1.165, 1.54) is 11.1 Å². The molecule has 13 heavy (non-hydrogen) atoms. The van der Waals surface area contributed by atoms with E-state index in [0.29, 0.717) is 6.04 Å². The first-order chi connectivity index (χ1) is 5.75. The molecular weight excluding hydrogens is 249 g/mol. The maximum atomic E-state index is 5.88. The number of hydrogen-bond donors (Lipinski definition) is 1. The van der Waals surface area contributed by atoms with Crippen LogP contribution in [0.4, 0.5) is 0 Å². The molecule has 1 aliphatic rings. The van der Waals surface area contributed by atoms with Crippen LogP contribution in [0.3, 0.4) is 0 Å². The fourth-order valence-corrected chi connectivity index (χ4v) is 2.16. The van der Waals surface area contributed by atoms with Gasteiger partial charge in [0.1, 0.15) is 0 Å². The number of aryl methyl sites for hydroxylation is 1. The second-order valence-electron chi connectivity index (χ2n) is 3.42. The molecule has 0 aromatic heterocycles. The molecule has 0 saturated carbocycles. The molecule has 0 aliphatic heterocycles. The van der Waals surface area contributed by atoms with E-state index >= 15 is 0 Å². The maximum absolute atomic E-state index is 5.88. The molecule has 3 heteroatoms.